The molecule has 114 valence electrons. The van der Waals surface area contributed by atoms with Crippen molar-refractivity contribution in [3.63, 3.8) is 0 Å². The molecule has 1 aliphatic rings. The van der Waals surface area contributed by atoms with E-state index in [2.05, 4.69) is 0 Å². The Balaban J connectivity index is 2.12. The van der Waals surface area contributed by atoms with Crippen molar-refractivity contribution in [3.8, 4) is 0 Å². The van der Waals surface area contributed by atoms with E-state index in [0.717, 1.165) is 9.71 Å². The van der Waals surface area contributed by atoms with Crippen molar-refractivity contribution in [2.45, 2.75) is 5.60 Å². The molecule has 1 fully saturated rings. The summed E-state index contributed by atoms with van der Waals surface area (Å²) in [5.74, 6) is -1.17. The molecule has 0 atom stereocenters. The van der Waals surface area contributed by atoms with Gasteiger partial charge in [-0.3, -0.25) is 0 Å². The highest BCUT2D eigenvalue weighted by Crippen LogP contribution is 2.28. The van der Waals surface area contributed by atoms with Crippen molar-refractivity contribution in [2.24, 2.45) is 0 Å². The molecule has 1 heterocycles. The Hall–Kier alpha value is -1.41. The Kier molecular flexibility index (Phi) is 4.38. The largest absolute Gasteiger partial charge is 0.479 e. The fourth-order valence-corrected chi connectivity index (χ4v) is 3.38. The monoisotopic (exact) mass is 331 g/mol. The summed E-state index contributed by atoms with van der Waals surface area (Å²) in [4.78, 5) is 11.0. The average molecular weight is 332 g/mol. The van der Waals surface area contributed by atoms with Gasteiger partial charge in [0.2, 0.25) is 10.0 Å². The highest BCUT2D eigenvalue weighted by atomic mass is 35.5. The van der Waals surface area contributed by atoms with Crippen LogP contribution in [0.1, 0.15) is 5.56 Å². The number of sulfonamides is 1. The molecule has 21 heavy (non-hydrogen) atoms. The van der Waals surface area contributed by atoms with Crippen LogP contribution in [0.2, 0.25) is 5.02 Å². The zero-order valence-corrected chi connectivity index (χ0v) is 12.8. The summed E-state index contributed by atoms with van der Waals surface area (Å²) in [6.07, 6.45) is 1.38. The molecule has 0 bridgehead atoms. The van der Waals surface area contributed by atoms with Crippen molar-refractivity contribution in [1.29, 1.82) is 0 Å². The average Bonchev–Trinajstić information content (AvgIpc) is 2.36. The van der Waals surface area contributed by atoms with Crippen LogP contribution in [0, 0.1) is 0 Å². The van der Waals surface area contributed by atoms with Crippen LogP contribution in [-0.4, -0.2) is 49.6 Å². The second-order valence-electron chi connectivity index (χ2n) is 4.64. The van der Waals surface area contributed by atoms with Crippen LogP contribution >= 0.6 is 11.6 Å². The number of hydrogen-bond donors (Lipinski definition) is 1. The van der Waals surface area contributed by atoms with E-state index in [1.807, 2.05) is 0 Å². The maximum atomic E-state index is 12.1. The predicted molar refractivity (Wildman–Crippen MR) is 78.4 cm³/mol. The second kappa shape index (κ2) is 5.76. The van der Waals surface area contributed by atoms with Gasteiger partial charge in [0.05, 0.1) is 13.1 Å². The van der Waals surface area contributed by atoms with Crippen LogP contribution in [0.5, 0.6) is 0 Å². The van der Waals surface area contributed by atoms with Gasteiger partial charge in [0, 0.05) is 17.5 Å². The van der Waals surface area contributed by atoms with Gasteiger partial charge in [0.15, 0.2) is 5.60 Å². The maximum Gasteiger partial charge on any atom is 0.338 e. The van der Waals surface area contributed by atoms with Crippen molar-refractivity contribution >= 4 is 33.7 Å². The van der Waals surface area contributed by atoms with Gasteiger partial charge in [-0.2, -0.15) is 4.31 Å². The molecule has 0 spiro atoms. The Labute approximate surface area is 127 Å². The Bertz CT molecular complexity index is 680. The number of halogens is 1. The molecule has 1 aliphatic heterocycles. The first-order valence-electron chi connectivity index (χ1n) is 6.02. The van der Waals surface area contributed by atoms with E-state index in [1.165, 1.54) is 13.2 Å². The van der Waals surface area contributed by atoms with Gasteiger partial charge in [-0.25, -0.2) is 13.2 Å². The molecule has 0 aliphatic carbocycles. The molecule has 1 N–H and O–H groups in total. The maximum absolute atomic E-state index is 12.1. The number of methoxy groups -OCH3 is 1. The smallest absolute Gasteiger partial charge is 0.338 e. The summed E-state index contributed by atoms with van der Waals surface area (Å²) >= 11 is 5.93. The number of hydrogen-bond acceptors (Lipinski definition) is 4. The van der Waals surface area contributed by atoms with Gasteiger partial charge < -0.3 is 9.84 Å². The van der Waals surface area contributed by atoms with Crippen molar-refractivity contribution < 1.29 is 23.1 Å². The molecule has 0 saturated carbocycles. The van der Waals surface area contributed by atoms with Crippen LogP contribution in [-0.2, 0) is 19.6 Å². The number of carboxylic acid groups (broad SMARTS) is 1. The lowest BCUT2D eigenvalue weighted by molar-refractivity contribution is -0.176. The lowest BCUT2D eigenvalue weighted by atomic mass is 9.97. The van der Waals surface area contributed by atoms with E-state index >= 15 is 0 Å². The second-order valence-corrected chi connectivity index (χ2v) is 6.87. The molecule has 0 aromatic heterocycles. The molecular weight excluding hydrogens is 318 g/mol. The summed E-state index contributed by atoms with van der Waals surface area (Å²) in [6, 6.07) is 6.81. The molecule has 2 rings (SSSR count). The van der Waals surface area contributed by atoms with Crippen molar-refractivity contribution in [3.05, 3.63) is 40.3 Å². The minimum Gasteiger partial charge on any atom is -0.479 e. The number of aliphatic carboxylic acids is 1. The highest BCUT2D eigenvalue weighted by molar-refractivity contribution is 7.92. The highest BCUT2D eigenvalue weighted by Gasteiger charge is 2.53. The first-order valence-corrected chi connectivity index (χ1v) is 7.90. The van der Waals surface area contributed by atoms with E-state index in [-0.39, 0.29) is 13.1 Å². The van der Waals surface area contributed by atoms with E-state index < -0.39 is 21.6 Å². The zero-order chi connectivity index (χ0) is 15.7. The third-order valence-electron chi connectivity index (χ3n) is 3.33. The molecule has 6 nitrogen and oxygen atoms in total. The Morgan fingerprint density at radius 3 is 2.57 bits per heavy atom. The van der Waals surface area contributed by atoms with Gasteiger partial charge in [0.25, 0.3) is 0 Å². The number of rotatable bonds is 5. The molecule has 1 saturated heterocycles. The third-order valence-corrected chi connectivity index (χ3v) is 5.13. The number of benzene rings is 1. The van der Waals surface area contributed by atoms with Crippen LogP contribution in [0.3, 0.4) is 0 Å². The van der Waals surface area contributed by atoms with Gasteiger partial charge in [-0.1, -0.05) is 29.8 Å². The van der Waals surface area contributed by atoms with Crippen LogP contribution in [0.4, 0.5) is 0 Å². The molecule has 0 amide bonds. The fourth-order valence-electron chi connectivity index (χ4n) is 1.91. The van der Waals surface area contributed by atoms with Crippen LogP contribution in [0.25, 0.3) is 6.08 Å². The number of carbonyl (C=O) groups is 1. The summed E-state index contributed by atoms with van der Waals surface area (Å²) in [7, 11) is -2.45. The van der Waals surface area contributed by atoms with Gasteiger partial charge in [-0.15, -0.1) is 0 Å². The molecule has 8 heteroatoms. The molecule has 0 radical (unpaired) electrons. The summed E-state index contributed by atoms with van der Waals surface area (Å²) in [6.45, 7) is -0.429. The normalized spacial score (nSPS) is 18.6. The van der Waals surface area contributed by atoms with E-state index in [1.54, 1.807) is 24.3 Å². The first kappa shape index (κ1) is 16.0. The third kappa shape index (κ3) is 3.11. The van der Waals surface area contributed by atoms with Gasteiger partial charge in [0.1, 0.15) is 0 Å². The van der Waals surface area contributed by atoms with Crippen molar-refractivity contribution in [1.82, 2.24) is 4.31 Å². The Morgan fingerprint density at radius 1 is 1.43 bits per heavy atom. The number of nitrogens with zero attached hydrogens (tertiary/aromatic N) is 1. The van der Waals surface area contributed by atoms with Crippen LogP contribution < -0.4 is 0 Å². The van der Waals surface area contributed by atoms with E-state index in [0.29, 0.717) is 10.6 Å². The number of carboxylic acids is 1. The van der Waals surface area contributed by atoms with Gasteiger partial charge >= 0.3 is 5.97 Å². The quantitative estimate of drug-likeness (QED) is 0.882. The van der Waals surface area contributed by atoms with Crippen LogP contribution in [0.15, 0.2) is 29.7 Å². The SMILES string of the molecule is COC1(C(=O)O)CN(S(=O)(=O)/C=C/c2ccccc2Cl)C1. The van der Waals surface area contributed by atoms with Crippen molar-refractivity contribution in [2.75, 3.05) is 20.2 Å². The minimum absolute atomic E-state index is 0.214. The molecule has 1 aromatic rings. The fraction of sp³-hybridized carbons (Fsp3) is 0.308. The Morgan fingerprint density at radius 2 is 2.05 bits per heavy atom. The lowest BCUT2D eigenvalue weighted by Gasteiger charge is -2.43. The first-order chi connectivity index (χ1) is 9.81. The molecular formula is C13H14ClNO5S. The lowest BCUT2D eigenvalue weighted by Crippen LogP contribution is -2.67. The number of ether oxygens (including phenoxy) is 1. The van der Waals surface area contributed by atoms with E-state index in [4.69, 9.17) is 21.4 Å². The summed E-state index contributed by atoms with van der Waals surface area (Å²) in [5.41, 5.74) is -0.884. The topological polar surface area (TPSA) is 83.9 Å². The summed E-state index contributed by atoms with van der Waals surface area (Å²) in [5, 5.41) is 10.5. The standard InChI is InChI=1S/C13H14ClNO5S/c1-20-13(12(16)17)8-15(9-13)21(18,19)7-6-10-4-2-3-5-11(10)14/h2-7H,8-9H2,1H3,(H,16,17)/b7-6+. The minimum atomic E-state index is -3.70. The molecule has 1 aromatic carbocycles. The summed E-state index contributed by atoms with van der Waals surface area (Å²) < 4.78 is 30.1. The van der Waals surface area contributed by atoms with E-state index in [9.17, 15) is 13.2 Å². The molecule has 0 unspecified atom stereocenters. The van der Waals surface area contributed by atoms with Gasteiger partial charge in [-0.05, 0) is 17.7 Å². The zero-order valence-electron chi connectivity index (χ0n) is 11.2. The predicted octanol–water partition coefficient (Wildman–Crippen LogP) is 1.43.